The topological polar surface area (TPSA) is 51.2 Å². The molecule has 0 saturated heterocycles. The second-order valence-corrected chi connectivity index (χ2v) is 6.10. The number of carbonyl (C=O) groups excluding carboxylic acids is 1. The van der Waals surface area contributed by atoms with Crippen LogP contribution in [0.15, 0.2) is 18.2 Å². The number of ether oxygens (including phenoxy) is 1. The lowest BCUT2D eigenvalue weighted by Crippen LogP contribution is -2.30. The predicted octanol–water partition coefficient (Wildman–Crippen LogP) is 4.03. The second kappa shape index (κ2) is 7.43. The van der Waals surface area contributed by atoms with E-state index in [4.69, 9.17) is 4.74 Å². The second-order valence-electron chi connectivity index (χ2n) is 6.10. The van der Waals surface area contributed by atoms with Crippen LogP contribution >= 0.6 is 0 Å². The highest BCUT2D eigenvalue weighted by atomic mass is 16.5. The monoisotopic (exact) mass is 290 g/mol. The van der Waals surface area contributed by atoms with Gasteiger partial charge in [0.15, 0.2) is 5.69 Å². The molecule has 2 rings (SSSR count). The molecule has 1 aliphatic carbocycles. The summed E-state index contributed by atoms with van der Waals surface area (Å²) < 4.78 is 5.71. The summed E-state index contributed by atoms with van der Waals surface area (Å²) in [7, 11) is 0. The van der Waals surface area contributed by atoms with Gasteiger partial charge in [0.1, 0.15) is 11.9 Å². The zero-order valence-electron chi connectivity index (χ0n) is 13.3. The van der Waals surface area contributed by atoms with E-state index in [2.05, 4.69) is 17.2 Å². The van der Waals surface area contributed by atoms with Gasteiger partial charge in [-0.3, -0.25) is 0 Å². The molecule has 0 radical (unpaired) electrons. The van der Waals surface area contributed by atoms with Gasteiger partial charge in [-0.1, -0.05) is 19.4 Å². The molecular weight excluding hydrogens is 264 g/mol. The lowest BCUT2D eigenvalue weighted by molar-refractivity contribution is 0.000130. The molecule has 0 aromatic carbocycles. The van der Waals surface area contributed by atoms with E-state index in [0.29, 0.717) is 11.6 Å². The minimum absolute atomic E-state index is 0.0553. The fourth-order valence-corrected chi connectivity index (χ4v) is 2.92. The molecule has 1 fully saturated rings. The van der Waals surface area contributed by atoms with Crippen molar-refractivity contribution in [2.75, 3.05) is 5.32 Å². The molecule has 4 nitrogen and oxygen atoms in total. The average Bonchev–Trinajstić information content (AvgIpc) is 2.47. The van der Waals surface area contributed by atoms with Crippen LogP contribution in [0.4, 0.5) is 5.82 Å². The summed E-state index contributed by atoms with van der Waals surface area (Å²) in [6.07, 6.45) is 5.67. The highest BCUT2D eigenvalue weighted by molar-refractivity contribution is 5.87. The Labute approximate surface area is 127 Å². The number of anilines is 1. The number of carbonyl (C=O) groups is 1. The van der Waals surface area contributed by atoms with E-state index in [0.717, 1.165) is 31.5 Å². The quantitative estimate of drug-likeness (QED) is 0.832. The van der Waals surface area contributed by atoms with E-state index in [1.165, 1.54) is 6.42 Å². The number of esters is 1. The molecule has 1 aliphatic rings. The maximum absolute atomic E-state index is 12.3. The molecule has 21 heavy (non-hydrogen) atoms. The maximum Gasteiger partial charge on any atom is 0.357 e. The number of nitrogens with one attached hydrogen (secondary N) is 1. The third-order valence-electron chi connectivity index (χ3n) is 4.02. The summed E-state index contributed by atoms with van der Waals surface area (Å²) in [6.45, 7) is 6.25. The highest BCUT2D eigenvalue weighted by Crippen LogP contribution is 2.29. The van der Waals surface area contributed by atoms with Crippen molar-refractivity contribution in [2.45, 2.75) is 65.0 Å². The minimum Gasteiger partial charge on any atom is -0.457 e. The SMILES string of the molecule is CCC1CCCCC1OC(=O)c1cccc(NC(C)C)n1. The molecule has 1 heterocycles. The van der Waals surface area contributed by atoms with Gasteiger partial charge in [-0.25, -0.2) is 9.78 Å². The molecule has 2 unspecified atom stereocenters. The third kappa shape index (κ3) is 4.45. The summed E-state index contributed by atoms with van der Waals surface area (Å²) in [4.78, 5) is 16.6. The molecule has 0 bridgehead atoms. The number of hydrogen-bond donors (Lipinski definition) is 1. The number of nitrogens with zero attached hydrogens (tertiary/aromatic N) is 1. The molecule has 0 amide bonds. The average molecular weight is 290 g/mol. The molecule has 0 aliphatic heterocycles. The Morgan fingerprint density at radius 2 is 2.14 bits per heavy atom. The van der Waals surface area contributed by atoms with Crippen molar-refractivity contribution < 1.29 is 9.53 Å². The Kier molecular flexibility index (Phi) is 5.59. The molecule has 1 N–H and O–H groups in total. The van der Waals surface area contributed by atoms with E-state index in [1.807, 2.05) is 26.0 Å². The molecule has 1 saturated carbocycles. The summed E-state index contributed by atoms with van der Waals surface area (Å²) in [5.74, 6) is 0.919. The van der Waals surface area contributed by atoms with Crippen LogP contribution in [0, 0.1) is 5.92 Å². The largest absolute Gasteiger partial charge is 0.457 e. The van der Waals surface area contributed by atoms with E-state index in [1.54, 1.807) is 6.07 Å². The van der Waals surface area contributed by atoms with Crippen LogP contribution in [0.2, 0.25) is 0 Å². The molecule has 1 aromatic rings. The Morgan fingerprint density at radius 1 is 1.38 bits per heavy atom. The number of aromatic nitrogens is 1. The van der Waals surface area contributed by atoms with E-state index < -0.39 is 0 Å². The lowest BCUT2D eigenvalue weighted by atomic mass is 9.85. The molecular formula is C17H26N2O2. The zero-order chi connectivity index (χ0) is 15.2. The Balaban J connectivity index is 2.02. The van der Waals surface area contributed by atoms with Crippen LogP contribution in [0.25, 0.3) is 0 Å². The van der Waals surface area contributed by atoms with Crippen molar-refractivity contribution in [3.05, 3.63) is 23.9 Å². The molecule has 1 aromatic heterocycles. The van der Waals surface area contributed by atoms with Gasteiger partial charge < -0.3 is 10.1 Å². The van der Waals surface area contributed by atoms with Gasteiger partial charge in [0.25, 0.3) is 0 Å². The normalized spacial score (nSPS) is 22.1. The van der Waals surface area contributed by atoms with Crippen LogP contribution in [0.1, 0.15) is 63.4 Å². The van der Waals surface area contributed by atoms with Crippen molar-refractivity contribution in [2.24, 2.45) is 5.92 Å². The van der Waals surface area contributed by atoms with Gasteiger partial charge in [-0.15, -0.1) is 0 Å². The first-order valence-corrected chi connectivity index (χ1v) is 8.04. The number of pyridine rings is 1. The fourth-order valence-electron chi connectivity index (χ4n) is 2.92. The van der Waals surface area contributed by atoms with Gasteiger partial charge in [-0.2, -0.15) is 0 Å². The van der Waals surface area contributed by atoms with Gasteiger partial charge in [0, 0.05) is 6.04 Å². The smallest absolute Gasteiger partial charge is 0.357 e. The van der Waals surface area contributed by atoms with Crippen LogP contribution in [0.5, 0.6) is 0 Å². The van der Waals surface area contributed by atoms with Crippen LogP contribution in [-0.4, -0.2) is 23.1 Å². The van der Waals surface area contributed by atoms with E-state index in [9.17, 15) is 4.79 Å². The fraction of sp³-hybridized carbons (Fsp3) is 0.647. The van der Waals surface area contributed by atoms with Crippen LogP contribution < -0.4 is 5.32 Å². The summed E-state index contributed by atoms with van der Waals surface area (Å²) in [5, 5.41) is 3.20. The maximum atomic E-state index is 12.3. The van der Waals surface area contributed by atoms with Gasteiger partial charge in [-0.05, 0) is 57.6 Å². The first-order valence-electron chi connectivity index (χ1n) is 8.04. The van der Waals surface area contributed by atoms with Crippen molar-refractivity contribution in [3.8, 4) is 0 Å². The van der Waals surface area contributed by atoms with E-state index in [-0.39, 0.29) is 18.1 Å². The number of hydrogen-bond acceptors (Lipinski definition) is 4. The third-order valence-corrected chi connectivity index (χ3v) is 4.02. The molecule has 116 valence electrons. The van der Waals surface area contributed by atoms with Crippen molar-refractivity contribution in [3.63, 3.8) is 0 Å². The van der Waals surface area contributed by atoms with E-state index >= 15 is 0 Å². The van der Waals surface area contributed by atoms with Crippen molar-refractivity contribution in [1.82, 2.24) is 4.98 Å². The summed E-state index contributed by atoms with van der Waals surface area (Å²) >= 11 is 0. The lowest BCUT2D eigenvalue weighted by Gasteiger charge is -2.30. The standard InChI is InChI=1S/C17H26N2O2/c1-4-13-8-5-6-10-15(13)21-17(20)14-9-7-11-16(19-14)18-12(2)3/h7,9,11-13,15H,4-6,8,10H2,1-3H3,(H,18,19). The van der Waals surface area contributed by atoms with Crippen LogP contribution in [-0.2, 0) is 4.74 Å². The predicted molar refractivity (Wildman–Crippen MR) is 84.4 cm³/mol. The Morgan fingerprint density at radius 3 is 2.86 bits per heavy atom. The Bertz CT molecular complexity index is 474. The first kappa shape index (κ1) is 15.8. The number of rotatable bonds is 5. The summed E-state index contributed by atoms with van der Waals surface area (Å²) in [6, 6.07) is 5.71. The molecule has 2 atom stereocenters. The first-order chi connectivity index (χ1) is 10.1. The van der Waals surface area contributed by atoms with Crippen molar-refractivity contribution in [1.29, 1.82) is 0 Å². The molecule has 0 spiro atoms. The van der Waals surface area contributed by atoms with Crippen LogP contribution in [0.3, 0.4) is 0 Å². The molecule has 4 heteroatoms. The van der Waals surface area contributed by atoms with Crippen molar-refractivity contribution >= 4 is 11.8 Å². The van der Waals surface area contributed by atoms with Gasteiger partial charge in [0.2, 0.25) is 0 Å². The minimum atomic E-state index is -0.298. The summed E-state index contributed by atoms with van der Waals surface area (Å²) in [5.41, 5.74) is 0.390. The zero-order valence-corrected chi connectivity index (χ0v) is 13.3. The Hall–Kier alpha value is -1.58. The highest BCUT2D eigenvalue weighted by Gasteiger charge is 2.27. The van der Waals surface area contributed by atoms with Gasteiger partial charge in [0.05, 0.1) is 0 Å². The van der Waals surface area contributed by atoms with Gasteiger partial charge >= 0.3 is 5.97 Å².